The van der Waals surface area contributed by atoms with Crippen LogP contribution in [0.4, 0.5) is 0 Å². The van der Waals surface area contributed by atoms with E-state index in [1.807, 2.05) is 0 Å². The zero-order chi connectivity index (χ0) is 13.5. The van der Waals surface area contributed by atoms with Gasteiger partial charge in [-0.25, -0.2) is 0 Å². The van der Waals surface area contributed by atoms with Crippen molar-refractivity contribution in [1.29, 1.82) is 0 Å². The van der Waals surface area contributed by atoms with Crippen LogP contribution < -0.4 is 5.32 Å². The summed E-state index contributed by atoms with van der Waals surface area (Å²) in [6, 6.07) is 4.38. The first kappa shape index (κ1) is 15.0. The third-order valence-electron chi connectivity index (χ3n) is 2.15. The molecular weight excluding hydrogens is 368 g/mol. The summed E-state index contributed by atoms with van der Waals surface area (Å²) in [4.78, 5) is 13.8. The minimum atomic E-state index is -0.981. The lowest BCUT2D eigenvalue weighted by molar-refractivity contribution is -0.139. The summed E-state index contributed by atoms with van der Waals surface area (Å²) < 4.78 is 1.63. The molecule has 96 valence electrons. The maximum atomic E-state index is 11.2. The van der Waals surface area contributed by atoms with Crippen molar-refractivity contribution in [3.8, 4) is 0 Å². The van der Waals surface area contributed by atoms with Crippen LogP contribution in [-0.4, -0.2) is 24.2 Å². The van der Waals surface area contributed by atoms with Crippen molar-refractivity contribution >= 4 is 37.8 Å². The number of hydrogen-bond acceptors (Lipinski definition) is 3. The number of nitrogens with one attached hydrogen (secondary N) is 1. The second-order valence-corrected chi connectivity index (χ2v) is 5.06. The van der Waals surface area contributed by atoms with Gasteiger partial charge in [-0.1, -0.05) is 11.2 Å². The Kier molecular flexibility index (Phi) is 6.14. The molecule has 6 nitrogen and oxygen atoms in total. The highest BCUT2D eigenvalue weighted by molar-refractivity contribution is 9.13. The molecule has 1 aromatic carbocycles. The third-order valence-corrected chi connectivity index (χ3v) is 4.03. The molecule has 0 spiro atoms. The molecule has 2 N–H and O–H groups in total. The molecule has 8 heteroatoms. The smallest absolute Gasteiger partial charge is 0.325 e. The Balaban J connectivity index is 2.80. The SMILES string of the molecule is [N-]=[N+]=NCCNC(C(=O)O)c1ccc(Br)c(Br)c1. The lowest BCUT2D eigenvalue weighted by Gasteiger charge is -2.14. The lowest BCUT2D eigenvalue weighted by atomic mass is 10.1. The molecule has 0 aliphatic carbocycles. The number of rotatable bonds is 6. The van der Waals surface area contributed by atoms with E-state index in [2.05, 4.69) is 47.2 Å². The van der Waals surface area contributed by atoms with Gasteiger partial charge >= 0.3 is 5.97 Å². The number of azide groups is 1. The number of carboxylic acids is 1. The predicted molar refractivity (Wildman–Crippen MR) is 74.2 cm³/mol. The molecule has 0 heterocycles. The first-order chi connectivity index (χ1) is 8.56. The zero-order valence-corrected chi connectivity index (χ0v) is 12.3. The van der Waals surface area contributed by atoms with E-state index >= 15 is 0 Å². The summed E-state index contributed by atoms with van der Waals surface area (Å²) in [6.45, 7) is 0.507. The summed E-state index contributed by atoms with van der Waals surface area (Å²) in [6.07, 6.45) is 0. The molecule has 0 amide bonds. The van der Waals surface area contributed by atoms with E-state index in [9.17, 15) is 4.79 Å². The third kappa shape index (κ3) is 4.30. The fraction of sp³-hybridized carbons (Fsp3) is 0.300. The van der Waals surface area contributed by atoms with Gasteiger partial charge < -0.3 is 10.4 Å². The molecule has 0 saturated carbocycles. The normalized spacial score (nSPS) is 11.7. The molecule has 1 atom stereocenters. The van der Waals surface area contributed by atoms with Gasteiger partial charge in [0.15, 0.2) is 0 Å². The van der Waals surface area contributed by atoms with Crippen LogP contribution in [0.2, 0.25) is 0 Å². The van der Waals surface area contributed by atoms with Crippen molar-refractivity contribution in [1.82, 2.24) is 5.32 Å². The molecule has 0 aliphatic heterocycles. The van der Waals surface area contributed by atoms with Crippen LogP contribution in [0.3, 0.4) is 0 Å². The standard InChI is InChI=1S/C10H10Br2N4O2/c11-7-2-1-6(5-8(7)12)9(10(17)18)14-3-4-15-16-13/h1-2,5,9,14H,3-4H2,(H,17,18). The minimum absolute atomic E-state index is 0.206. The van der Waals surface area contributed by atoms with Gasteiger partial charge in [-0.15, -0.1) is 0 Å². The Morgan fingerprint density at radius 3 is 2.78 bits per heavy atom. The summed E-state index contributed by atoms with van der Waals surface area (Å²) in [5.41, 5.74) is 8.75. The number of nitrogens with zero attached hydrogens (tertiary/aromatic N) is 3. The molecular formula is C10H10Br2N4O2. The Labute approximate surface area is 120 Å². The Hall–Kier alpha value is -1.08. The molecule has 0 radical (unpaired) electrons. The van der Waals surface area contributed by atoms with Crippen LogP contribution in [-0.2, 0) is 4.79 Å². The quantitative estimate of drug-likeness (QED) is 0.344. The average molecular weight is 378 g/mol. The van der Waals surface area contributed by atoms with Crippen LogP contribution in [0.15, 0.2) is 32.3 Å². The largest absolute Gasteiger partial charge is 0.480 e. The molecule has 18 heavy (non-hydrogen) atoms. The number of aliphatic carboxylic acids is 1. The van der Waals surface area contributed by atoms with E-state index in [1.165, 1.54) is 0 Å². The topological polar surface area (TPSA) is 98.1 Å². The van der Waals surface area contributed by atoms with Crippen LogP contribution in [0.1, 0.15) is 11.6 Å². The highest BCUT2D eigenvalue weighted by Gasteiger charge is 2.19. The number of hydrogen-bond donors (Lipinski definition) is 2. The Bertz CT molecular complexity index is 489. The van der Waals surface area contributed by atoms with Crippen molar-refractivity contribution in [2.45, 2.75) is 6.04 Å². The molecule has 1 aromatic rings. The molecule has 0 aromatic heterocycles. The Morgan fingerprint density at radius 1 is 1.50 bits per heavy atom. The van der Waals surface area contributed by atoms with E-state index in [0.717, 1.165) is 8.95 Å². The van der Waals surface area contributed by atoms with Gasteiger partial charge in [-0.05, 0) is 55.1 Å². The maximum absolute atomic E-state index is 11.2. The molecule has 1 unspecified atom stereocenters. The minimum Gasteiger partial charge on any atom is -0.480 e. The van der Waals surface area contributed by atoms with E-state index in [0.29, 0.717) is 12.1 Å². The second-order valence-electron chi connectivity index (χ2n) is 3.35. The van der Waals surface area contributed by atoms with Crippen molar-refractivity contribution < 1.29 is 9.90 Å². The van der Waals surface area contributed by atoms with Crippen molar-refractivity contribution in [2.24, 2.45) is 5.11 Å². The molecule has 1 rings (SSSR count). The maximum Gasteiger partial charge on any atom is 0.325 e. The molecule has 0 fully saturated rings. The average Bonchev–Trinajstić information content (AvgIpc) is 2.32. The highest BCUT2D eigenvalue weighted by atomic mass is 79.9. The second kappa shape index (κ2) is 7.38. The lowest BCUT2D eigenvalue weighted by Crippen LogP contribution is -2.30. The van der Waals surface area contributed by atoms with Crippen molar-refractivity contribution in [3.05, 3.63) is 43.2 Å². The fourth-order valence-electron chi connectivity index (χ4n) is 1.34. The summed E-state index contributed by atoms with van der Waals surface area (Å²) in [5, 5.41) is 15.3. The van der Waals surface area contributed by atoms with Crippen molar-refractivity contribution in [2.75, 3.05) is 13.1 Å². The molecule has 0 saturated heterocycles. The number of carbonyl (C=O) groups is 1. The zero-order valence-electron chi connectivity index (χ0n) is 9.18. The van der Waals surface area contributed by atoms with Gasteiger partial charge in [0.1, 0.15) is 6.04 Å². The summed E-state index contributed by atoms with van der Waals surface area (Å²) in [7, 11) is 0. The fourth-order valence-corrected chi connectivity index (χ4v) is 1.99. The molecule has 0 aliphatic rings. The van der Waals surface area contributed by atoms with Crippen LogP contribution >= 0.6 is 31.9 Å². The van der Waals surface area contributed by atoms with Gasteiger partial charge in [0.2, 0.25) is 0 Å². The summed E-state index contributed by atoms with van der Waals surface area (Å²) in [5.74, 6) is -0.981. The highest BCUT2D eigenvalue weighted by Crippen LogP contribution is 2.26. The van der Waals surface area contributed by atoms with Gasteiger partial charge in [-0.3, -0.25) is 4.79 Å². The Morgan fingerprint density at radius 2 is 2.22 bits per heavy atom. The number of benzene rings is 1. The first-order valence-corrected chi connectivity index (χ1v) is 6.57. The van der Waals surface area contributed by atoms with Crippen molar-refractivity contribution in [3.63, 3.8) is 0 Å². The van der Waals surface area contributed by atoms with Gasteiger partial charge in [0.05, 0.1) is 0 Å². The monoisotopic (exact) mass is 376 g/mol. The van der Waals surface area contributed by atoms with E-state index in [4.69, 9.17) is 10.6 Å². The van der Waals surface area contributed by atoms with E-state index in [1.54, 1.807) is 18.2 Å². The van der Waals surface area contributed by atoms with Crippen LogP contribution in [0.25, 0.3) is 10.4 Å². The van der Waals surface area contributed by atoms with Crippen LogP contribution in [0.5, 0.6) is 0 Å². The molecule has 0 bridgehead atoms. The summed E-state index contributed by atoms with van der Waals surface area (Å²) >= 11 is 6.64. The predicted octanol–water partition coefficient (Wildman–Crippen LogP) is 3.24. The van der Waals surface area contributed by atoms with E-state index < -0.39 is 12.0 Å². The number of carboxylic acid groups (broad SMARTS) is 1. The van der Waals surface area contributed by atoms with E-state index in [-0.39, 0.29) is 6.54 Å². The van der Waals surface area contributed by atoms with Gasteiger partial charge in [0, 0.05) is 26.9 Å². The van der Waals surface area contributed by atoms with Crippen LogP contribution in [0, 0.1) is 0 Å². The van der Waals surface area contributed by atoms with Gasteiger partial charge in [0.25, 0.3) is 0 Å². The van der Waals surface area contributed by atoms with Gasteiger partial charge in [-0.2, -0.15) is 0 Å². The number of halogens is 2. The first-order valence-electron chi connectivity index (χ1n) is 4.98.